The minimum atomic E-state index is -0.451. The van der Waals surface area contributed by atoms with Crippen molar-refractivity contribution in [3.63, 3.8) is 0 Å². The van der Waals surface area contributed by atoms with E-state index in [2.05, 4.69) is 15.5 Å². The Kier molecular flexibility index (Phi) is 5.18. The fraction of sp³-hybridized carbons (Fsp3) is 0.200. The largest absolute Gasteiger partial charge is 0.497 e. The van der Waals surface area contributed by atoms with E-state index in [9.17, 15) is 9.59 Å². The minimum absolute atomic E-state index is 0.0414. The summed E-state index contributed by atoms with van der Waals surface area (Å²) in [5.41, 5.74) is 1.07. The van der Waals surface area contributed by atoms with Crippen molar-refractivity contribution in [2.45, 2.75) is 12.3 Å². The highest BCUT2D eigenvalue weighted by Crippen LogP contribution is 2.32. The Morgan fingerprint density at radius 1 is 1.21 bits per heavy atom. The number of anilines is 2. The molecule has 0 aliphatic carbocycles. The fourth-order valence-corrected chi connectivity index (χ4v) is 3.37. The third-order valence-corrected chi connectivity index (χ3v) is 4.97. The number of ether oxygens (including phenoxy) is 1. The summed E-state index contributed by atoms with van der Waals surface area (Å²) in [4.78, 5) is 26.4. The molecule has 4 rings (SSSR count). The molecule has 3 aromatic rings. The van der Waals surface area contributed by atoms with Crippen LogP contribution in [0.1, 0.15) is 28.6 Å². The van der Waals surface area contributed by atoms with Gasteiger partial charge in [-0.3, -0.25) is 14.9 Å². The predicted molar refractivity (Wildman–Crippen MR) is 106 cm³/mol. The standard InChI is InChI=1S/C20H17ClN4O4/c1-28-14-8-6-13(7-9-14)25-11-12(10-17(25)26)19-23-24-20(29-19)22-18(27)15-4-2-3-5-16(15)21/h2-9,12H,10-11H2,1H3,(H,22,24,27)/t12-/m0/s1. The number of hydrogen-bond acceptors (Lipinski definition) is 6. The Labute approximate surface area is 171 Å². The van der Waals surface area contributed by atoms with Crippen LogP contribution in [0.2, 0.25) is 5.02 Å². The van der Waals surface area contributed by atoms with Crippen molar-refractivity contribution in [2.24, 2.45) is 0 Å². The molecular formula is C20H17ClN4O4. The van der Waals surface area contributed by atoms with Crippen molar-refractivity contribution in [1.82, 2.24) is 10.2 Å². The molecule has 148 valence electrons. The first kappa shape index (κ1) is 18.9. The average molecular weight is 413 g/mol. The van der Waals surface area contributed by atoms with Gasteiger partial charge in [0.2, 0.25) is 11.8 Å². The first-order chi connectivity index (χ1) is 14.0. The molecule has 1 fully saturated rings. The van der Waals surface area contributed by atoms with Crippen LogP contribution in [0, 0.1) is 0 Å². The predicted octanol–water partition coefficient (Wildman–Crippen LogP) is 3.50. The lowest BCUT2D eigenvalue weighted by Gasteiger charge is -2.16. The topological polar surface area (TPSA) is 97.6 Å². The molecule has 9 heteroatoms. The van der Waals surface area contributed by atoms with Gasteiger partial charge < -0.3 is 14.1 Å². The summed E-state index contributed by atoms with van der Waals surface area (Å²) in [6.45, 7) is 0.408. The number of nitrogens with one attached hydrogen (secondary N) is 1. The van der Waals surface area contributed by atoms with Gasteiger partial charge in [0.1, 0.15) is 5.75 Å². The molecule has 2 aromatic carbocycles. The fourth-order valence-electron chi connectivity index (χ4n) is 3.14. The molecule has 0 unspecified atom stereocenters. The van der Waals surface area contributed by atoms with Crippen LogP contribution in [-0.4, -0.2) is 35.7 Å². The molecule has 0 saturated carbocycles. The Balaban J connectivity index is 1.45. The Bertz CT molecular complexity index is 1050. The zero-order chi connectivity index (χ0) is 20.4. The zero-order valence-electron chi connectivity index (χ0n) is 15.5. The van der Waals surface area contributed by atoms with E-state index in [-0.39, 0.29) is 24.3 Å². The lowest BCUT2D eigenvalue weighted by atomic mass is 10.1. The Morgan fingerprint density at radius 3 is 2.69 bits per heavy atom. The second-order valence-corrected chi connectivity index (χ2v) is 6.89. The van der Waals surface area contributed by atoms with E-state index >= 15 is 0 Å². The molecule has 0 radical (unpaired) electrons. The van der Waals surface area contributed by atoms with Crippen LogP contribution in [0.4, 0.5) is 11.7 Å². The molecule has 2 amide bonds. The second kappa shape index (κ2) is 7.92. The third kappa shape index (κ3) is 3.93. The molecule has 8 nitrogen and oxygen atoms in total. The number of hydrogen-bond donors (Lipinski definition) is 1. The number of halogens is 1. The maximum absolute atomic E-state index is 12.4. The van der Waals surface area contributed by atoms with Crippen molar-refractivity contribution in [1.29, 1.82) is 0 Å². The van der Waals surface area contributed by atoms with Crippen molar-refractivity contribution in [3.8, 4) is 5.75 Å². The third-order valence-electron chi connectivity index (χ3n) is 4.64. The number of methoxy groups -OCH3 is 1. The molecule has 1 aliphatic heterocycles. The average Bonchev–Trinajstić information content (AvgIpc) is 3.35. The van der Waals surface area contributed by atoms with Crippen LogP contribution in [0.3, 0.4) is 0 Å². The van der Waals surface area contributed by atoms with Crippen LogP contribution < -0.4 is 15.0 Å². The lowest BCUT2D eigenvalue weighted by molar-refractivity contribution is -0.117. The molecule has 1 aliphatic rings. The Morgan fingerprint density at radius 2 is 1.97 bits per heavy atom. The van der Waals surface area contributed by atoms with E-state index < -0.39 is 5.91 Å². The molecule has 1 saturated heterocycles. The zero-order valence-corrected chi connectivity index (χ0v) is 16.2. The quantitative estimate of drug-likeness (QED) is 0.688. The van der Waals surface area contributed by atoms with E-state index in [4.69, 9.17) is 20.8 Å². The van der Waals surface area contributed by atoms with Gasteiger partial charge in [0.05, 0.1) is 23.6 Å². The first-order valence-electron chi connectivity index (χ1n) is 8.89. The molecule has 1 aromatic heterocycles. The number of carbonyl (C=O) groups is 2. The van der Waals surface area contributed by atoms with Gasteiger partial charge in [0.25, 0.3) is 5.91 Å². The van der Waals surface area contributed by atoms with Gasteiger partial charge in [-0.05, 0) is 36.4 Å². The van der Waals surface area contributed by atoms with Gasteiger partial charge in [-0.1, -0.05) is 28.8 Å². The molecule has 0 spiro atoms. The van der Waals surface area contributed by atoms with E-state index in [1.165, 1.54) is 0 Å². The minimum Gasteiger partial charge on any atom is -0.497 e. The maximum Gasteiger partial charge on any atom is 0.322 e. The summed E-state index contributed by atoms with van der Waals surface area (Å²) in [7, 11) is 1.59. The van der Waals surface area contributed by atoms with Gasteiger partial charge in [0, 0.05) is 18.7 Å². The number of carbonyl (C=O) groups excluding carboxylic acids is 2. The highest BCUT2D eigenvalue weighted by Gasteiger charge is 2.35. The van der Waals surface area contributed by atoms with Gasteiger partial charge >= 0.3 is 6.01 Å². The number of nitrogens with zero attached hydrogens (tertiary/aromatic N) is 3. The van der Waals surface area contributed by atoms with Crippen LogP contribution in [0.25, 0.3) is 0 Å². The maximum atomic E-state index is 12.4. The molecular weight excluding hydrogens is 396 g/mol. The first-order valence-corrected chi connectivity index (χ1v) is 9.26. The van der Waals surface area contributed by atoms with Crippen molar-refractivity contribution < 1.29 is 18.7 Å². The number of rotatable bonds is 5. The number of amides is 2. The second-order valence-electron chi connectivity index (χ2n) is 6.48. The summed E-state index contributed by atoms with van der Waals surface area (Å²) < 4.78 is 10.7. The van der Waals surface area contributed by atoms with E-state index in [0.29, 0.717) is 28.8 Å². The summed E-state index contributed by atoms with van der Waals surface area (Å²) in [6.07, 6.45) is 0.242. The van der Waals surface area contributed by atoms with Gasteiger partial charge in [-0.25, -0.2) is 0 Å². The monoisotopic (exact) mass is 412 g/mol. The van der Waals surface area contributed by atoms with Gasteiger partial charge in [0.15, 0.2) is 0 Å². The van der Waals surface area contributed by atoms with Gasteiger partial charge in [-0.15, -0.1) is 5.10 Å². The summed E-state index contributed by atoms with van der Waals surface area (Å²) in [5, 5.41) is 10.7. The molecule has 1 N–H and O–H groups in total. The van der Waals surface area contributed by atoms with Crippen molar-refractivity contribution in [3.05, 3.63) is 65.0 Å². The van der Waals surface area contributed by atoms with E-state index in [1.807, 2.05) is 12.1 Å². The normalized spacial score (nSPS) is 16.1. The molecule has 0 bridgehead atoms. The van der Waals surface area contributed by atoms with E-state index in [1.54, 1.807) is 48.4 Å². The van der Waals surface area contributed by atoms with E-state index in [0.717, 1.165) is 5.69 Å². The smallest absolute Gasteiger partial charge is 0.322 e. The number of aromatic nitrogens is 2. The summed E-state index contributed by atoms with van der Waals surface area (Å²) in [5.74, 6) is 0.257. The van der Waals surface area contributed by atoms with Gasteiger partial charge in [-0.2, -0.15) is 0 Å². The highest BCUT2D eigenvalue weighted by atomic mass is 35.5. The SMILES string of the molecule is COc1ccc(N2C[C@@H](c3nnc(NC(=O)c4ccccc4Cl)o3)CC2=O)cc1. The summed E-state index contributed by atoms with van der Waals surface area (Å²) in [6, 6.07) is 13.8. The Hall–Kier alpha value is -3.39. The van der Waals surface area contributed by atoms with Crippen LogP contribution in [0.15, 0.2) is 52.9 Å². The van der Waals surface area contributed by atoms with Crippen molar-refractivity contribution in [2.75, 3.05) is 23.9 Å². The number of benzene rings is 2. The van der Waals surface area contributed by atoms with Crippen LogP contribution >= 0.6 is 11.6 Å². The van der Waals surface area contributed by atoms with Crippen molar-refractivity contribution >= 4 is 35.1 Å². The molecule has 1 atom stereocenters. The van der Waals surface area contributed by atoms with Crippen LogP contribution in [0.5, 0.6) is 5.75 Å². The van der Waals surface area contributed by atoms with Crippen LogP contribution in [-0.2, 0) is 4.79 Å². The molecule has 2 heterocycles. The summed E-state index contributed by atoms with van der Waals surface area (Å²) >= 11 is 6.03. The molecule has 29 heavy (non-hydrogen) atoms. The lowest BCUT2D eigenvalue weighted by Crippen LogP contribution is -2.24. The highest BCUT2D eigenvalue weighted by molar-refractivity contribution is 6.34.